The molecule has 1 N–H and O–H groups in total. The van der Waals surface area contributed by atoms with Gasteiger partial charge < -0.3 is 5.32 Å². The highest BCUT2D eigenvalue weighted by molar-refractivity contribution is 9.10. The van der Waals surface area contributed by atoms with E-state index in [2.05, 4.69) is 34.2 Å². The second-order valence-electron chi connectivity index (χ2n) is 4.91. The van der Waals surface area contributed by atoms with Gasteiger partial charge in [0.15, 0.2) is 0 Å². The number of benzene rings is 1. The molecule has 1 aromatic rings. The zero-order chi connectivity index (χ0) is 12.4. The predicted octanol–water partition coefficient (Wildman–Crippen LogP) is 4.19. The van der Waals surface area contributed by atoms with Crippen molar-refractivity contribution in [2.45, 2.75) is 39.5 Å². The Labute approximate surface area is 111 Å². The molecule has 0 spiro atoms. The molecular formula is C14H18BrNO. The third-order valence-electron chi connectivity index (χ3n) is 3.41. The summed E-state index contributed by atoms with van der Waals surface area (Å²) in [5, 5.41) is 3.06. The quantitative estimate of drug-likeness (QED) is 0.871. The second kappa shape index (κ2) is 5.21. The van der Waals surface area contributed by atoms with Gasteiger partial charge in [-0.2, -0.15) is 0 Å². The molecule has 1 aliphatic rings. The van der Waals surface area contributed by atoms with Crippen LogP contribution in [0.5, 0.6) is 0 Å². The van der Waals surface area contributed by atoms with Gasteiger partial charge in [0.25, 0.3) is 0 Å². The number of carbonyl (C=O) groups is 1. The summed E-state index contributed by atoms with van der Waals surface area (Å²) in [5.74, 6) is 0.387. The van der Waals surface area contributed by atoms with E-state index in [0.717, 1.165) is 28.6 Å². The van der Waals surface area contributed by atoms with Crippen molar-refractivity contribution in [2.75, 3.05) is 5.32 Å². The van der Waals surface area contributed by atoms with E-state index < -0.39 is 0 Å². The highest BCUT2D eigenvalue weighted by atomic mass is 79.9. The number of hydrogen-bond acceptors (Lipinski definition) is 1. The van der Waals surface area contributed by atoms with Crippen LogP contribution in [0.2, 0.25) is 0 Å². The number of halogens is 1. The Balaban J connectivity index is 2.15. The third-order valence-corrected chi connectivity index (χ3v) is 4.03. The lowest BCUT2D eigenvalue weighted by molar-refractivity contribution is -0.119. The van der Waals surface area contributed by atoms with Gasteiger partial charge in [0, 0.05) is 10.4 Å². The summed E-state index contributed by atoms with van der Waals surface area (Å²) in [6.45, 7) is 4.09. The van der Waals surface area contributed by atoms with Crippen LogP contribution in [0.15, 0.2) is 16.6 Å². The summed E-state index contributed by atoms with van der Waals surface area (Å²) in [6.07, 6.45) is 4.45. The zero-order valence-electron chi connectivity index (χ0n) is 10.3. The van der Waals surface area contributed by atoms with Gasteiger partial charge in [-0.25, -0.2) is 0 Å². The van der Waals surface area contributed by atoms with Gasteiger partial charge >= 0.3 is 0 Å². The minimum atomic E-state index is 0.176. The molecule has 17 heavy (non-hydrogen) atoms. The van der Waals surface area contributed by atoms with Crippen LogP contribution in [0.3, 0.4) is 0 Å². The lowest BCUT2D eigenvalue weighted by Crippen LogP contribution is -2.21. The molecule has 0 saturated heterocycles. The third kappa shape index (κ3) is 2.89. The van der Waals surface area contributed by atoms with E-state index in [1.165, 1.54) is 18.4 Å². The fourth-order valence-electron chi connectivity index (χ4n) is 2.49. The maximum Gasteiger partial charge on any atom is 0.227 e. The lowest BCUT2D eigenvalue weighted by atomic mass is 10.1. The number of nitrogens with one attached hydrogen (secondary N) is 1. The van der Waals surface area contributed by atoms with Gasteiger partial charge in [0.1, 0.15) is 0 Å². The highest BCUT2D eigenvalue weighted by Gasteiger charge is 2.23. The van der Waals surface area contributed by atoms with Gasteiger partial charge in [-0.1, -0.05) is 18.9 Å². The van der Waals surface area contributed by atoms with Gasteiger partial charge in [-0.15, -0.1) is 0 Å². The van der Waals surface area contributed by atoms with Crippen molar-refractivity contribution in [1.82, 2.24) is 0 Å². The van der Waals surface area contributed by atoms with Crippen LogP contribution >= 0.6 is 15.9 Å². The fraction of sp³-hybridized carbons (Fsp3) is 0.500. The first-order chi connectivity index (χ1) is 8.08. The smallest absolute Gasteiger partial charge is 0.227 e. The first-order valence-corrected chi connectivity index (χ1v) is 6.95. The largest absolute Gasteiger partial charge is 0.325 e. The van der Waals surface area contributed by atoms with E-state index in [0.29, 0.717) is 0 Å². The minimum Gasteiger partial charge on any atom is -0.325 e. The van der Waals surface area contributed by atoms with Crippen molar-refractivity contribution in [2.24, 2.45) is 5.92 Å². The second-order valence-corrected chi connectivity index (χ2v) is 5.76. The Morgan fingerprint density at radius 1 is 1.29 bits per heavy atom. The molecule has 0 heterocycles. The Hall–Kier alpha value is -0.830. The van der Waals surface area contributed by atoms with Crippen molar-refractivity contribution >= 4 is 27.5 Å². The van der Waals surface area contributed by atoms with E-state index in [1.807, 2.05) is 13.0 Å². The molecule has 0 aromatic heterocycles. The van der Waals surface area contributed by atoms with E-state index in [4.69, 9.17) is 0 Å². The van der Waals surface area contributed by atoms with Crippen LogP contribution in [0, 0.1) is 19.8 Å². The minimum absolute atomic E-state index is 0.176. The van der Waals surface area contributed by atoms with E-state index >= 15 is 0 Å². The van der Waals surface area contributed by atoms with Gasteiger partial charge in [-0.05, 0) is 59.8 Å². The van der Waals surface area contributed by atoms with Crippen LogP contribution in [-0.4, -0.2) is 5.91 Å². The zero-order valence-corrected chi connectivity index (χ0v) is 11.9. The predicted molar refractivity (Wildman–Crippen MR) is 74.2 cm³/mol. The first-order valence-electron chi connectivity index (χ1n) is 6.15. The van der Waals surface area contributed by atoms with Gasteiger partial charge in [0.05, 0.1) is 5.69 Å². The molecule has 92 valence electrons. The molecule has 3 heteroatoms. The van der Waals surface area contributed by atoms with Crippen LogP contribution < -0.4 is 5.32 Å². The molecule has 1 aromatic carbocycles. The topological polar surface area (TPSA) is 29.1 Å². The van der Waals surface area contributed by atoms with Crippen LogP contribution in [0.25, 0.3) is 0 Å². The average Bonchev–Trinajstić information content (AvgIpc) is 2.76. The van der Waals surface area contributed by atoms with Crippen LogP contribution in [0.1, 0.15) is 36.8 Å². The van der Waals surface area contributed by atoms with E-state index in [-0.39, 0.29) is 11.8 Å². The van der Waals surface area contributed by atoms with Crippen LogP contribution in [-0.2, 0) is 4.79 Å². The summed E-state index contributed by atoms with van der Waals surface area (Å²) >= 11 is 3.52. The summed E-state index contributed by atoms with van der Waals surface area (Å²) in [5.41, 5.74) is 3.24. The Morgan fingerprint density at radius 2 is 1.94 bits per heavy atom. The van der Waals surface area contributed by atoms with Crippen molar-refractivity contribution in [3.8, 4) is 0 Å². The molecule has 0 radical (unpaired) electrons. The summed E-state index contributed by atoms with van der Waals surface area (Å²) in [6, 6.07) is 4.13. The summed E-state index contributed by atoms with van der Waals surface area (Å²) in [7, 11) is 0. The van der Waals surface area contributed by atoms with Crippen molar-refractivity contribution in [3.63, 3.8) is 0 Å². The number of anilines is 1. The molecule has 1 saturated carbocycles. The van der Waals surface area contributed by atoms with Crippen molar-refractivity contribution in [1.29, 1.82) is 0 Å². The van der Waals surface area contributed by atoms with Gasteiger partial charge in [0.2, 0.25) is 5.91 Å². The lowest BCUT2D eigenvalue weighted by Gasteiger charge is -2.14. The monoisotopic (exact) mass is 295 g/mol. The molecule has 1 aliphatic carbocycles. The fourth-order valence-corrected chi connectivity index (χ4v) is 3.26. The maximum absolute atomic E-state index is 12.1. The van der Waals surface area contributed by atoms with Gasteiger partial charge in [-0.3, -0.25) is 4.79 Å². The van der Waals surface area contributed by atoms with Crippen LogP contribution in [0.4, 0.5) is 5.69 Å². The molecule has 0 atom stereocenters. The SMILES string of the molecule is Cc1cc(C)c(NC(=O)C2CCCC2)c(Br)c1. The molecular weight excluding hydrogens is 278 g/mol. The maximum atomic E-state index is 12.1. The number of rotatable bonds is 2. The molecule has 1 fully saturated rings. The normalized spacial score (nSPS) is 16.2. The van der Waals surface area contributed by atoms with Crippen molar-refractivity contribution < 1.29 is 4.79 Å². The Kier molecular flexibility index (Phi) is 3.87. The van der Waals surface area contributed by atoms with Crippen molar-refractivity contribution in [3.05, 3.63) is 27.7 Å². The summed E-state index contributed by atoms with van der Waals surface area (Å²) < 4.78 is 0.973. The number of hydrogen-bond donors (Lipinski definition) is 1. The Bertz CT molecular complexity index is 413. The summed E-state index contributed by atoms with van der Waals surface area (Å²) in [4.78, 5) is 12.1. The van der Waals surface area contributed by atoms with E-state index in [9.17, 15) is 4.79 Å². The average molecular weight is 296 g/mol. The molecule has 2 nitrogen and oxygen atoms in total. The molecule has 0 bridgehead atoms. The number of carbonyl (C=O) groups excluding carboxylic acids is 1. The number of amides is 1. The van der Waals surface area contributed by atoms with E-state index in [1.54, 1.807) is 0 Å². The number of aryl methyl sites for hydroxylation is 2. The molecule has 1 amide bonds. The molecule has 2 rings (SSSR count). The highest BCUT2D eigenvalue weighted by Crippen LogP contribution is 2.30. The first kappa shape index (κ1) is 12.6. The molecule has 0 aliphatic heterocycles. The standard InChI is InChI=1S/C14H18BrNO/c1-9-7-10(2)13(12(15)8-9)16-14(17)11-5-3-4-6-11/h7-8,11H,3-6H2,1-2H3,(H,16,17). The molecule has 0 unspecified atom stereocenters. The Morgan fingerprint density at radius 3 is 2.53 bits per heavy atom.